The number of ether oxygens (including phenoxy) is 1. The standard InChI is InChI=1S/C7H6O2.C4H9BrO2/c8-7(9)6-4-2-1-3-5-6;1-7-3-4(6)2-5/h1-5H,(H,8,9);4,6H,2-3H2,1H3. The van der Waals surface area contributed by atoms with Crippen LogP contribution >= 0.6 is 15.9 Å². The first-order valence-electron chi connectivity index (χ1n) is 4.63. The topological polar surface area (TPSA) is 66.8 Å². The van der Waals surface area contributed by atoms with Crippen molar-refractivity contribution in [3.8, 4) is 0 Å². The van der Waals surface area contributed by atoms with Crippen LogP contribution in [0.4, 0.5) is 0 Å². The van der Waals surface area contributed by atoms with Crippen molar-refractivity contribution in [2.75, 3.05) is 19.0 Å². The summed E-state index contributed by atoms with van der Waals surface area (Å²) in [6.45, 7) is 0.408. The number of benzene rings is 1. The zero-order valence-corrected chi connectivity index (χ0v) is 10.6. The molecule has 0 aliphatic rings. The first-order valence-corrected chi connectivity index (χ1v) is 5.75. The van der Waals surface area contributed by atoms with E-state index < -0.39 is 5.97 Å². The Morgan fingerprint density at radius 2 is 2.00 bits per heavy atom. The summed E-state index contributed by atoms with van der Waals surface area (Å²) >= 11 is 3.09. The summed E-state index contributed by atoms with van der Waals surface area (Å²) in [4.78, 5) is 10.2. The second kappa shape index (κ2) is 9.33. The second-order valence-corrected chi connectivity index (χ2v) is 3.58. The maximum atomic E-state index is 10.2. The minimum Gasteiger partial charge on any atom is -0.478 e. The van der Waals surface area contributed by atoms with Gasteiger partial charge in [-0.1, -0.05) is 34.1 Å². The van der Waals surface area contributed by atoms with Crippen molar-refractivity contribution in [1.29, 1.82) is 0 Å². The fourth-order valence-electron chi connectivity index (χ4n) is 0.818. The molecule has 0 amide bonds. The van der Waals surface area contributed by atoms with E-state index in [2.05, 4.69) is 20.7 Å². The van der Waals surface area contributed by atoms with Crippen LogP contribution in [0.1, 0.15) is 10.4 Å². The van der Waals surface area contributed by atoms with Crippen LogP contribution < -0.4 is 0 Å². The van der Waals surface area contributed by atoms with Crippen molar-refractivity contribution in [3.05, 3.63) is 35.9 Å². The normalized spacial score (nSPS) is 11.2. The summed E-state index contributed by atoms with van der Waals surface area (Å²) in [6.07, 6.45) is -0.356. The van der Waals surface area contributed by atoms with E-state index in [9.17, 15) is 4.79 Å². The first-order chi connectivity index (χ1) is 7.61. The number of aliphatic hydroxyl groups is 1. The third-order valence-electron chi connectivity index (χ3n) is 1.56. The number of carboxylic acid groups (broad SMARTS) is 1. The molecule has 0 aromatic heterocycles. The van der Waals surface area contributed by atoms with Gasteiger partial charge in [0.2, 0.25) is 0 Å². The number of hydrogen-bond acceptors (Lipinski definition) is 3. The zero-order valence-electron chi connectivity index (χ0n) is 8.97. The molecule has 1 aromatic carbocycles. The fraction of sp³-hybridized carbons (Fsp3) is 0.364. The van der Waals surface area contributed by atoms with Gasteiger partial charge in [0.05, 0.1) is 18.3 Å². The second-order valence-electron chi connectivity index (χ2n) is 2.93. The fourth-order valence-corrected chi connectivity index (χ4v) is 1.00. The van der Waals surface area contributed by atoms with Gasteiger partial charge < -0.3 is 14.9 Å². The highest BCUT2D eigenvalue weighted by molar-refractivity contribution is 9.09. The van der Waals surface area contributed by atoms with Crippen LogP contribution in [-0.2, 0) is 4.74 Å². The number of aromatic carboxylic acids is 1. The van der Waals surface area contributed by atoms with E-state index in [1.54, 1.807) is 37.4 Å². The maximum Gasteiger partial charge on any atom is 0.335 e. The van der Waals surface area contributed by atoms with Crippen LogP contribution in [0, 0.1) is 0 Å². The third kappa shape index (κ3) is 7.39. The predicted molar refractivity (Wildman–Crippen MR) is 65.1 cm³/mol. The Hall–Kier alpha value is -0.910. The molecule has 0 heterocycles. The van der Waals surface area contributed by atoms with E-state index in [1.807, 2.05) is 0 Å². The van der Waals surface area contributed by atoms with Crippen molar-refractivity contribution in [2.24, 2.45) is 0 Å². The SMILES string of the molecule is COCC(O)CBr.O=C(O)c1ccccc1. The molecule has 0 aliphatic carbocycles. The molecule has 0 saturated carbocycles. The molecule has 0 aliphatic heterocycles. The number of methoxy groups -OCH3 is 1. The molecule has 5 heteroatoms. The minimum absolute atomic E-state index is 0.331. The molecular formula is C11H15BrO4. The van der Waals surface area contributed by atoms with Crippen LogP contribution in [0.3, 0.4) is 0 Å². The van der Waals surface area contributed by atoms with Crippen LogP contribution in [-0.4, -0.2) is 41.3 Å². The Labute approximate surface area is 103 Å². The highest BCUT2D eigenvalue weighted by Crippen LogP contribution is 1.96. The van der Waals surface area contributed by atoms with Crippen LogP contribution in [0.5, 0.6) is 0 Å². The maximum absolute atomic E-state index is 10.2. The van der Waals surface area contributed by atoms with Gasteiger partial charge in [-0.2, -0.15) is 0 Å². The predicted octanol–water partition coefficient (Wildman–Crippen LogP) is 1.77. The lowest BCUT2D eigenvalue weighted by atomic mass is 10.2. The molecule has 1 atom stereocenters. The van der Waals surface area contributed by atoms with E-state index >= 15 is 0 Å². The van der Waals surface area contributed by atoms with E-state index in [0.29, 0.717) is 17.5 Å². The lowest BCUT2D eigenvalue weighted by Crippen LogP contribution is -2.14. The Kier molecular flexibility index (Phi) is 8.80. The van der Waals surface area contributed by atoms with Gasteiger partial charge >= 0.3 is 5.97 Å². The van der Waals surface area contributed by atoms with Crippen molar-refractivity contribution in [1.82, 2.24) is 0 Å². The molecule has 90 valence electrons. The van der Waals surface area contributed by atoms with Gasteiger partial charge in [-0.15, -0.1) is 0 Å². The van der Waals surface area contributed by atoms with Crippen LogP contribution in [0.15, 0.2) is 30.3 Å². The Bertz CT molecular complexity index is 289. The Morgan fingerprint density at radius 1 is 1.44 bits per heavy atom. The summed E-state index contributed by atoms with van der Waals surface area (Å²) < 4.78 is 4.61. The quantitative estimate of drug-likeness (QED) is 0.830. The monoisotopic (exact) mass is 290 g/mol. The van der Waals surface area contributed by atoms with E-state index in [-0.39, 0.29) is 6.10 Å². The third-order valence-corrected chi connectivity index (χ3v) is 2.31. The number of alkyl halides is 1. The van der Waals surface area contributed by atoms with Crippen LogP contribution in [0.25, 0.3) is 0 Å². The van der Waals surface area contributed by atoms with Gasteiger partial charge in [-0.25, -0.2) is 4.79 Å². The summed E-state index contributed by atoms with van der Waals surface area (Å²) in [7, 11) is 1.56. The lowest BCUT2D eigenvalue weighted by Gasteiger charge is -2.01. The zero-order chi connectivity index (χ0) is 12.4. The smallest absolute Gasteiger partial charge is 0.335 e. The van der Waals surface area contributed by atoms with Crippen molar-refractivity contribution >= 4 is 21.9 Å². The van der Waals surface area contributed by atoms with Gasteiger partial charge in [0.25, 0.3) is 0 Å². The van der Waals surface area contributed by atoms with Crippen molar-refractivity contribution in [3.63, 3.8) is 0 Å². The molecule has 1 rings (SSSR count). The molecule has 4 nitrogen and oxygen atoms in total. The number of rotatable bonds is 4. The van der Waals surface area contributed by atoms with Crippen molar-refractivity contribution < 1.29 is 19.7 Å². The van der Waals surface area contributed by atoms with E-state index in [4.69, 9.17) is 10.2 Å². The van der Waals surface area contributed by atoms with E-state index in [1.165, 1.54) is 0 Å². The molecule has 0 spiro atoms. The van der Waals surface area contributed by atoms with Gasteiger partial charge in [0.15, 0.2) is 0 Å². The Balaban J connectivity index is 0.000000293. The number of carboxylic acids is 1. The van der Waals surface area contributed by atoms with Crippen molar-refractivity contribution in [2.45, 2.75) is 6.10 Å². The average Bonchev–Trinajstić information content (AvgIpc) is 2.31. The molecule has 0 saturated heterocycles. The van der Waals surface area contributed by atoms with Gasteiger partial charge in [-0.3, -0.25) is 0 Å². The summed E-state index contributed by atoms with van der Waals surface area (Å²) in [5.41, 5.74) is 0.331. The average molecular weight is 291 g/mol. The van der Waals surface area contributed by atoms with Gasteiger partial charge in [0.1, 0.15) is 0 Å². The molecule has 0 bridgehead atoms. The molecule has 1 aromatic rings. The number of carbonyl (C=O) groups is 1. The number of hydrogen-bond donors (Lipinski definition) is 2. The number of halogens is 1. The van der Waals surface area contributed by atoms with Crippen LogP contribution in [0.2, 0.25) is 0 Å². The summed E-state index contributed by atoms with van der Waals surface area (Å²) in [5, 5.41) is 17.7. The molecule has 2 N–H and O–H groups in total. The molecule has 0 radical (unpaired) electrons. The molecular weight excluding hydrogens is 276 g/mol. The Morgan fingerprint density at radius 3 is 2.25 bits per heavy atom. The lowest BCUT2D eigenvalue weighted by molar-refractivity contribution is 0.0697. The summed E-state index contributed by atoms with van der Waals surface area (Å²) in [6, 6.07) is 8.30. The highest BCUT2D eigenvalue weighted by Gasteiger charge is 1.97. The number of aliphatic hydroxyl groups excluding tert-OH is 1. The molecule has 0 fully saturated rings. The first kappa shape index (κ1) is 15.1. The highest BCUT2D eigenvalue weighted by atomic mass is 79.9. The molecule has 1 unspecified atom stereocenters. The molecule has 16 heavy (non-hydrogen) atoms. The van der Waals surface area contributed by atoms with E-state index in [0.717, 1.165) is 0 Å². The van der Waals surface area contributed by atoms with Gasteiger partial charge in [0, 0.05) is 12.4 Å². The summed E-state index contributed by atoms with van der Waals surface area (Å²) in [5.74, 6) is -0.879. The minimum atomic E-state index is -0.879. The van der Waals surface area contributed by atoms with Gasteiger partial charge in [-0.05, 0) is 12.1 Å². The largest absolute Gasteiger partial charge is 0.478 e.